The Balaban J connectivity index is 0.00000320. The molecule has 0 saturated carbocycles. The molecule has 0 bridgehead atoms. The Bertz CT molecular complexity index is 1130. The number of sulfonamides is 1. The van der Waals surface area contributed by atoms with Gasteiger partial charge < -0.3 is 15.6 Å². The first-order chi connectivity index (χ1) is 13.9. The monoisotopic (exact) mass is 545 g/mol. The van der Waals surface area contributed by atoms with Gasteiger partial charge in [0.15, 0.2) is 5.96 Å². The van der Waals surface area contributed by atoms with Gasteiger partial charge in [0.1, 0.15) is 5.82 Å². The second kappa shape index (κ2) is 10.7. The second-order valence-electron chi connectivity index (χ2n) is 6.57. The van der Waals surface area contributed by atoms with Crippen molar-refractivity contribution in [2.45, 2.75) is 24.8 Å². The van der Waals surface area contributed by atoms with E-state index < -0.39 is 10.0 Å². The molecule has 7 nitrogen and oxygen atoms in total. The molecule has 10 heteroatoms. The summed E-state index contributed by atoms with van der Waals surface area (Å²) in [6.07, 6.45) is 2.57. The number of primary sulfonamides is 1. The predicted molar refractivity (Wildman–Crippen MR) is 128 cm³/mol. The highest BCUT2D eigenvalue weighted by atomic mass is 127. The molecule has 0 aliphatic heterocycles. The van der Waals surface area contributed by atoms with Gasteiger partial charge in [-0.1, -0.05) is 12.1 Å². The van der Waals surface area contributed by atoms with Crippen molar-refractivity contribution in [2.24, 2.45) is 10.1 Å². The smallest absolute Gasteiger partial charge is 0.238 e. The molecule has 0 unspecified atom stereocenters. The summed E-state index contributed by atoms with van der Waals surface area (Å²) in [5, 5.41) is 12.4. The maximum absolute atomic E-state index is 13.5. The SMILES string of the molecule is CCNC(=NCc1cccc(S(N)(=O)=O)c1)NCCc1c[nH]c2ccc(F)cc12.I. The third kappa shape index (κ3) is 6.41. The minimum atomic E-state index is -3.74. The van der Waals surface area contributed by atoms with Gasteiger partial charge in [-0.2, -0.15) is 0 Å². The summed E-state index contributed by atoms with van der Waals surface area (Å²) in [6, 6.07) is 11.1. The molecule has 0 aliphatic rings. The lowest BCUT2D eigenvalue weighted by Gasteiger charge is -2.11. The highest BCUT2D eigenvalue weighted by Crippen LogP contribution is 2.19. The molecule has 0 amide bonds. The lowest BCUT2D eigenvalue weighted by atomic mass is 10.1. The highest BCUT2D eigenvalue weighted by Gasteiger charge is 2.08. The van der Waals surface area contributed by atoms with Crippen LogP contribution in [-0.4, -0.2) is 32.5 Å². The van der Waals surface area contributed by atoms with Crippen LogP contribution in [0.25, 0.3) is 10.9 Å². The number of halogens is 2. The molecule has 3 rings (SSSR count). The van der Waals surface area contributed by atoms with Crippen molar-refractivity contribution >= 4 is 50.9 Å². The number of nitrogens with two attached hydrogens (primary N) is 1. The Morgan fingerprint density at radius 1 is 1.20 bits per heavy atom. The van der Waals surface area contributed by atoms with Crippen molar-refractivity contribution < 1.29 is 12.8 Å². The van der Waals surface area contributed by atoms with E-state index in [0.29, 0.717) is 32.0 Å². The number of rotatable bonds is 7. The van der Waals surface area contributed by atoms with Gasteiger partial charge in [0, 0.05) is 30.2 Å². The first-order valence-electron chi connectivity index (χ1n) is 9.26. The maximum Gasteiger partial charge on any atom is 0.238 e. The molecular weight excluding hydrogens is 520 g/mol. The largest absolute Gasteiger partial charge is 0.361 e. The van der Waals surface area contributed by atoms with E-state index in [0.717, 1.165) is 22.0 Å². The van der Waals surface area contributed by atoms with Crippen molar-refractivity contribution in [3.63, 3.8) is 0 Å². The van der Waals surface area contributed by atoms with Crippen LogP contribution in [0.3, 0.4) is 0 Å². The zero-order valence-electron chi connectivity index (χ0n) is 16.5. The van der Waals surface area contributed by atoms with E-state index in [2.05, 4.69) is 20.6 Å². The van der Waals surface area contributed by atoms with Crippen molar-refractivity contribution in [3.05, 3.63) is 65.6 Å². The first-order valence-corrected chi connectivity index (χ1v) is 10.8. The van der Waals surface area contributed by atoms with Gasteiger partial charge in [-0.15, -0.1) is 24.0 Å². The van der Waals surface area contributed by atoms with Crippen molar-refractivity contribution in [3.8, 4) is 0 Å². The lowest BCUT2D eigenvalue weighted by molar-refractivity contribution is 0.597. The number of nitrogens with one attached hydrogen (secondary N) is 3. The van der Waals surface area contributed by atoms with Gasteiger partial charge >= 0.3 is 0 Å². The fourth-order valence-electron chi connectivity index (χ4n) is 3.01. The highest BCUT2D eigenvalue weighted by molar-refractivity contribution is 14.0. The molecule has 1 heterocycles. The van der Waals surface area contributed by atoms with Crippen LogP contribution in [0.1, 0.15) is 18.1 Å². The Hall–Kier alpha value is -2.18. The van der Waals surface area contributed by atoms with E-state index in [4.69, 9.17) is 5.14 Å². The van der Waals surface area contributed by atoms with E-state index in [9.17, 15) is 12.8 Å². The van der Waals surface area contributed by atoms with Crippen LogP contribution in [0.15, 0.2) is 58.5 Å². The molecule has 0 aliphatic carbocycles. The number of nitrogens with zero attached hydrogens (tertiary/aromatic N) is 1. The van der Waals surface area contributed by atoms with E-state index in [1.165, 1.54) is 24.3 Å². The number of fused-ring (bicyclic) bond motifs is 1. The van der Waals surface area contributed by atoms with Crippen LogP contribution in [0.2, 0.25) is 0 Å². The summed E-state index contributed by atoms with van der Waals surface area (Å²) in [6.45, 7) is 3.55. The van der Waals surface area contributed by atoms with E-state index in [1.54, 1.807) is 18.2 Å². The second-order valence-corrected chi connectivity index (χ2v) is 8.13. The third-order valence-corrected chi connectivity index (χ3v) is 5.32. The zero-order chi connectivity index (χ0) is 20.9. The molecule has 1 aromatic heterocycles. The van der Waals surface area contributed by atoms with Gasteiger partial charge in [0.2, 0.25) is 10.0 Å². The van der Waals surface area contributed by atoms with Gasteiger partial charge in [0.25, 0.3) is 0 Å². The molecule has 0 atom stereocenters. The van der Waals surface area contributed by atoms with Crippen LogP contribution in [-0.2, 0) is 23.0 Å². The quantitative estimate of drug-likeness (QED) is 0.208. The topological polar surface area (TPSA) is 112 Å². The molecule has 0 saturated heterocycles. The van der Waals surface area contributed by atoms with E-state index in [-0.39, 0.29) is 34.7 Å². The molecule has 5 N–H and O–H groups in total. The van der Waals surface area contributed by atoms with Gasteiger partial charge in [-0.25, -0.2) is 22.9 Å². The van der Waals surface area contributed by atoms with Crippen LogP contribution >= 0.6 is 24.0 Å². The standard InChI is InChI=1S/C20H24FN5O2S.HI/c1-2-23-20(26-12-14-4-3-5-17(10-14)29(22,27)28)24-9-8-15-13-25-19-7-6-16(21)11-18(15)19;/h3-7,10-11,13,25H,2,8-9,12H2,1H3,(H2,22,27,28)(H2,23,24,26);1H. The first kappa shape index (κ1) is 24.1. The minimum Gasteiger partial charge on any atom is -0.361 e. The average molecular weight is 545 g/mol. The number of aromatic amines is 1. The number of guanidine groups is 1. The fourth-order valence-corrected chi connectivity index (χ4v) is 3.59. The number of benzene rings is 2. The lowest BCUT2D eigenvalue weighted by Crippen LogP contribution is -2.38. The van der Waals surface area contributed by atoms with Crippen molar-refractivity contribution in [1.29, 1.82) is 0 Å². The molecule has 0 spiro atoms. The summed E-state index contributed by atoms with van der Waals surface area (Å²) >= 11 is 0. The Labute approximate surface area is 192 Å². The van der Waals surface area contributed by atoms with Crippen LogP contribution in [0.5, 0.6) is 0 Å². The number of hydrogen-bond acceptors (Lipinski definition) is 3. The molecule has 3 aromatic rings. The van der Waals surface area contributed by atoms with Gasteiger partial charge in [-0.05, 0) is 54.8 Å². The van der Waals surface area contributed by atoms with Crippen LogP contribution in [0.4, 0.5) is 4.39 Å². The third-order valence-electron chi connectivity index (χ3n) is 4.41. The summed E-state index contributed by atoms with van der Waals surface area (Å²) in [5.74, 6) is 0.350. The van der Waals surface area contributed by atoms with E-state index in [1.807, 2.05) is 13.1 Å². The van der Waals surface area contributed by atoms with Gasteiger partial charge in [0.05, 0.1) is 11.4 Å². The van der Waals surface area contributed by atoms with E-state index >= 15 is 0 Å². The molecule has 0 radical (unpaired) electrons. The van der Waals surface area contributed by atoms with Crippen LogP contribution in [0, 0.1) is 5.82 Å². The summed E-state index contributed by atoms with van der Waals surface area (Å²) in [5.41, 5.74) is 2.65. The number of aromatic nitrogens is 1. The van der Waals surface area contributed by atoms with Crippen LogP contribution < -0.4 is 15.8 Å². The fraction of sp³-hybridized carbons (Fsp3) is 0.250. The normalized spacial score (nSPS) is 11.9. The zero-order valence-corrected chi connectivity index (χ0v) is 19.6. The Kier molecular flexibility index (Phi) is 8.62. The number of H-pyrrole nitrogens is 1. The average Bonchev–Trinajstić information content (AvgIpc) is 3.08. The number of aliphatic imine (C=N–C) groups is 1. The number of hydrogen-bond donors (Lipinski definition) is 4. The Morgan fingerprint density at radius 3 is 2.73 bits per heavy atom. The maximum atomic E-state index is 13.5. The summed E-state index contributed by atoms with van der Waals surface area (Å²) in [4.78, 5) is 7.70. The molecular formula is C20H25FIN5O2S. The molecule has 2 aromatic carbocycles. The molecule has 30 heavy (non-hydrogen) atoms. The minimum absolute atomic E-state index is 0. The van der Waals surface area contributed by atoms with Crippen molar-refractivity contribution in [1.82, 2.24) is 15.6 Å². The predicted octanol–water partition coefficient (Wildman–Crippen LogP) is 2.87. The summed E-state index contributed by atoms with van der Waals surface area (Å²) in [7, 11) is -3.74. The van der Waals surface area contributed by atoms with Crippen molar-refractivity contribution in [2.75, 3.05) is 13.1 Å². The Morgan fingerprint density at radius 2 is 2.00 bits per heavy atom. The molecule has 162 valence electrons. The molecule has 0 fully saturated rings. The summed E-state index contributed by atoms with van der Waals surface area (Å²) < 4.78 is 36.5. The van der Waals surface area contributed by atoms with Gasteiger partial charge in [-0.3, -0.25) is 0 Å².